The molecule has 17 heavy (non-hydrogen) atoms. The molecule has 0 amide bonds. The number of aliphatic hydroxyl groups excluding tert-OH is 2. The highest BCUT2D eigenvalue weighted by atomic mass is 32.2. The van der Waals surface area contributed by atoms with Crippen molar-refractivity contribution in [1.29, 1.82) is 5.26 Å². The third-order valence-corrected chi connectivity index (χ3v) is 3.45. The van der Waals surface area contributed by atoms with Crippen molar-refractivity contribution in [3.05, 3.63) is 29.8 Å². The molecule has 92 valence electrons. The minimum atomic E-state index is -3.72. The largest absolute Gasteiger partial charge is 0.394 e. The lowest BCUT2D eigenvalue weighted by Crippen LogP contribution is -2.33. The summed E-state index contributed by atoms with van der Waals surface area (Å²) in [6, 6.07) is 7.24. The highest BCUT2D eigenvalue weighted by Gasteiger charge is 2.15. The van der Waals surface area contributed by atoms with Crippen LogP contribution in [0.15, 0.2) is 29.2 Å². The van der Waals surface area contributed by atoms with Crippen LogP contribution in [-0.4, -0.2) is 37.9 Å². The first-order chi connectivity index (χ1) is 7.99. The van der Waals surface area contributed by atoms with E-state index in [1.165, 1.54) is 24.3 Å². The normalized spacial score (nSPS) is 13.0. The number of nitrogens with zero attached hydrogens (tertiary/aromatic N) is 1. The zero-order valence-electron chi connectivity index (χ0n) is 8.87. The first kappa shape index (κ1) is 13.6. The van der Waals surface area contributed by atoms with Crippen molar-refractivity contribution in [1.82, 2.24) is 4.72 Å². The molecule has 0 aliphatic carbocycles. The number of aliphatic hydroxyl groups is 2. The maximum atomic E-state index is 11.7. The Kier molecular flexibility index (Phi) is 4.60. The molecule has 0 saturated heterocycles. The van der Waals surface area contributed by atoms with Gasteiger partial charge in [-0.1, -0.05) is 0 Å². The molecule has 0 saturated carbocycles. The predicted octanol–water partition coefficient (Wildman–Crippen LogP) is -0.810. The molecule has 0 aromatic heterocycles. The molecule has 0 aliphatic rings. The Balaban J connectivity index is 2.79. The monoisotopic (exact) mass is 256 g/mol. The molecule has 3 N–H and O–H groups in total. The molecule has 0 fully saturated rings. The molecule has 1 rings (SSSR count). The lowest BCUT2D eigenvalue weighted by atomic mass is 10.2. The number of sulfonamides is 1. The number of hydrogen-bond donors (Lipinski definition) is 3. The van der Waals surface area contributed by atoms with Crippen LogP contribution in [-0.2, 0) is 10.0 Å². The maximum absolute atomic E-state index is 11.7. The molecule has 1 aromatic rings. The Morgan fingerprint density at radius 1 is 1.35 bits per heavy atom. The second kappa shape index (κ2) is 5.75. The van der Waals surface area contributed by atoms with E-state index in [4.69, 9.17) is 15.5 Å². The van der Waals surface area contributed by atoms with Gasteiger partial charge in [-0.3, -0.25) is 0 Å². The smallest absolute Gasteiger partial charge is 0.240 e. The molecular weight excluding hydrogens is 244 g/mol. The summed E-state index contributed by atoms with van der Waals surface area (Å²) in [5.41, 5.74) is 0.361. The van der Waals surface area contributed by atoms with E-state index in [1.807, 2.05) is 6.07 Å². The van der Waals surface area contributed by atoms with Gasteiger partial charge in [0.05, 0.1) is 29.2 Å². The summed E-state index contributed by atoms with van der Waals surface area (Å²) in [6.07, 6.45) is -1.14. The first-order valence-electron chi connectivity index (χ1n) is 4.78. The van der Waals surface area contributed by atoms with Crippen LogP contribution in [0.2, 0.25) is 0 Å². The van der Waals surface area contributed by atoms with Crippen LogP contribution in [0.5, 0.6) is 0 Å². The fourth-order valence-electron chi connectivity index (χ4n) is 1.06. The average Bonchev–Trinajstić information content (AvgIpc) is 2.36. The number of rotatable bonds is 5. The van der Waals surface area contributed by atoms with Crippen LogP contribution in [0, 0.1) is 11.3 Å². The molecule has 6 nitrogen and oxygen atoms in total. The van der Waals surface area contributed by atoms with E-state index in [2.05, 4.69) is 4.72 Å². The predicted molar refractivity (Wildman–Crippen MR) is 59.4 cm³/mol. The first-order valence-corrected chi connectivity index (χ1v) is 6.26. The fourth-order valence-corrected chi connectivity index (χ4v) is 2.14. The summed E-state index contributed by atoms with van der Waals surface area (Å²) >= 11 is 0. The Morgan fingerprint density at radius 3 is 2.41 bits per heavy atom. The summed E-state index contributed by atoms with van der Waals surface area (Å²) < 4.78 is 25.5. The SMILES string of the molecule is N#Cc1ccc(S(=O)(=O)NCC(O)CO)cc1. The van der Waals surface area contributed by atoms with Crippen molar-refractivity contribution < 1.29 is 18.6 Å². The van der Waals surface area contributed by atoms with Gasteiger partial charge in [-0.25, -0.2) is 13.1 Å². The van der Waals surface area contributed by atoms with Crippen molar-refractivity contribution in [2.24, 2.45) is 0 Å². The summed E-state index contributed by atoms with van der Waals surface area (Å²) in [5, 5.41) is 26.1. The molecular formula is C10H12N2O4S. The van der Waals surface area contributed by atoms with E-state index in [-0.39, 0.29) is 11.4 Å². The van der Waals surface area contributed by atoms with Gasteiger partial charge in [-0.2, -0.15) is 5.26 Å². The van der Waals surface area contributed by atoms with Gasteiger partial charge in [-0.15, -0.1) is 0 Å². The third-order valence-electron chi connectivity index (χ3n) is 2.01. The van der Waals surface area contributed by atoms with Crippen LogP contribution in [0.1, 0.15) is 5.56 Å². The van der Waals surface area contributed by atoms with Crippen LogP contribution >= 0.6 is 0 Å². The molecule has 1 atom stereocenters. The zero-order valence-corrected chi connectivity index (χ0v) is 9.68. The highest BCUT2D eigenvalue weighted by Crippen LogP contribution is 2.09. The van der Waals surface area contributed by atoms with Gasteiger partial charge in [-0.05, 0) is 24.3 Å². The van der Waals surface area contributed by atoms with Crippen LogP contribution in [0.3, 0.4) is 0 Å². The van der Waals surface area contributed by atoms with E-state index >= 15 is 0 Å². The molecule has 0 aliphatic heterocycles. The summed E-state index contributed by atoms with van der Waals surface area (Å²) in [4.78, 5) is 0.00152. The minimum absolute atomic E-state index is 0.00152. The van der Waals surface area contributed by atoms with Crippen molar-refractivity contribution >= 4 is 10.0 Å². The van der Waals surface area contributed by atoms with E-state index < -0.39 is 22.7 Å². The summed E-state index contributed by atoms with van der Waals surface area (Å²) in [5.74, 6) is 0. The van der Waals surface area contributed by atoms with Gasteiger partial charge >= 0.3 is 0 Å². The van der Waals surface area contributed by atoms with Gasteiger partial charge in [0, 0.05) is 6.54 Å². The van der Waals surface area contributed by atoms with E-state index in [0.717, 1.165) is 0 Å². The van der Waals surface area contributed by atoms with Crippen LogP contribution < -0.4 is 4.72 Å². The summed E-state index contributed by atoms with van der Waals surface area (Å²) in [7, 11) is -3.72. The Labute approximate surface area is 99.2 Å². The van der Waals surface area contributed by atoms with Crippen molar-refractivity contribution in [3.8, 4) is 6.07 Å². The van der Waals surface area contributed by atoms with Gasteiger partial charge < -0.3 is 10.2 Å². The molecule has 0 spiro atoms. The van der Waals surface area contributed by atoms with Crippen LogP contribution in [0.25, 0.3) is 0 Å². The van der Waals surface area contributed by atoms with Crippen molar-refractivity contribution in [2.45, 2.75) is 11.0 Å². The number of nitrogens with one attached hydrogen (secondary N) is 1. The standard InChI is InChI=1S/C10H12N2O4S/c11-5-8-1-3-10(4-2-8)17(15,16)12-6-9(14)7-13/h1-4,9,12-14H,6-7H2. The second-order valence-corrected chi connectivity index (χ2v) is 5.09. The van der Waals surface area contributed by atoms with Gasteiger partial charge in [0.15, 0.2) is 0 Å². The van der Waals surface area contributed by atoms with Crippen molar-refractivity contribution in [2.75, 3.05) is 13.2 Å². The van der Waals surface area contributed by atoms with Crippen molar-refractivity contribution in [3.63, 3.8) is 0 Å². The van der Waals surface area contributed by atoms with Crippen LogP contribution in [0.4, 0.5) is 0 Å². The Hall–Kier alpha value is -1.46. The molecule has 0 radical (unpaired) electrons. The Morgan fingerprint density at radius 2 is 1.94 bits per heavy atom. The summed E-state index contributed by atoms with van der Waals surface area (Å²) in [6.45, 7) is -0.783. The van der Waals surface area contributed by atoms with E-state index in [1.54, 1.807) is 0 Å². The quantitative estimate of drug-likeness (QED) is 0.638. The number of hydrogen-bond acceptors (Lipinski definition) is 5. The molecule has 0 heterocycles. The lowest BCUT2D eigenvalue weighted by molar-refractivity contribution is 0.0988. The number of benzene rings is 1. The molecule has 1 aromatic carbocycles. The van der Waals surface area contributed by atoms with Gasteiger partial charge in [0.1, 0.15) is 0 Å². The average molecular weight is 256 g/mol. The topological polar surface area (TPSA) is 110 Å². The molecule has 1 unspecified atom stereocenters. The third kappa shape index (κ3) is 3.80. The maximum Gasteiger partial charge on any atom is 0.240 e. The van der Waals surface area contributed by atoms with E-state index in [9.17, 15) is 8.42 Å². The minimum Gasteiger partial charge on any atom is -0.394 e. The fraction of sp³-hybridized carbons (Fsp3) is 0.300. The lowest BCUT2D eigenvalue weighted by Gasteiger charge is -2.09. The zero-order chi connectivity index (χ0) is 12.9. The molecule has 0 bridgehead atoms. The highest BCUT2D eigenvalue weighted by molar-refractivity contribution is 7.89. The van der Waals surface area contributed by atoms with Gasteiger partial charge in [0.25, 0.3) is 0 Å². The number of nitriles is 1. The Bertz CT molecular complexity index is 504. The second-order valence-electron chi connectivity index (χ2n) is 3.32. The van der Waals surface area contributed by atoms with E-state index in [0.29, 0.717) is 5.56 Å². The molecule has 7 heteroatoms. The van der Waals surface area contributed by atoms with Gasteiger partial charge in [0.2, 0.25) is 10.0 Å².